The lowest BCUT2D eigenvalue weighted by Gasteiger charge is -2.14. The molecule has 6 nitrogen and oxygen atoms in total. The molecule has 0 spiro atoms. The molecule has 1 aromatic heterocycles. The highest BCUT2D eigenvalue weighted by molar-refractivity contribution is 7.83. The summed E-state index contributed by atoms with van der Waals surface area (Å²) in [6, 6.07) is 4.10. The van der Waals surface area contributed by atoms with E-state index in [1.54, 1.807) is 0 Å². The van der Waals surface area contributed by atoms with E-state index < -0.39 is 10.3 Å². The summed E-state index contributed by atoms with van der Waals surface area (Å²) in [4.78, 5) is 4.16. The Bertz CT molecular complexity index is 495. The molecule has 1 aromatic rings. The zero-order valence-electron chi connectivity index (χ0n) is 12.7. The highest BCUT2D eigenvalue weighted by atomic mass is 32.2. The Morgan fingerprint density at radius 2 is 1.86 bits per heavy atom. The molecular weight excluding hydrogens is 290 g/mol. The first kappa shape index (κ1) is 18.0. The van der Waals surface area contributed by atoms with Gasteiger partial charge in [0.1, 0.15) is 0 Å². The predicted molar refractivity (Wildman–Crippen MR) is 83.3 cm³/mol. The zero-order chi connectivity index (χ0) is 15.7. The van der Waals surface area contributed by atoms with Gasteiger partial charge in [-0.15, -0.1) is 0 Å². The summed E-state index contributed by atoms with van der Waals surface area (Å²) < 4.78 is 31.0. The fraction of sp³-hybridized carbons (Fsp3) is 0.643. The van der Waals surface area contributed by atoms with Gasteiger partial charge in [-0.1, -0.05) is 18.9 Å². The van der Waals surface area contributed by atoms with Gasteiger partial charge in [-0.2, -0.15) is 12.7 Å². The topological polar surface area (TPSA) is 82.5 Å². The van der Waals surface area contributed by atoms with Crippen LogP contribution in [0.5, 0.6) is 0 Å². The molecule has 2 heterocycles. The van der Waals surface area contributed by atoms with Crippen molar-refractivity contribution in [2.75, 3.05) is 20.1 Å². The Kier molecular flexibility index (Phi) is 7.81. The lowest BCUT2D eigenvalue weighted by atomic mass is 10.2. The van der Waals surface area contributed by atoms with Gasteiger partial charge in [0.2, 0.25) is 0 Å². The Hall–Kier alpha value is -1.02. The number of nitrogens with one attached hydrogen (secondary N) is 1. The minimum atomic E-state index is -3.92. The van der Waals surface area contributed by atoms with Crippen molar-refractivity contribution in [1.29, 1.82) is 0 Å². The first-order valence-corrected chi connectivity index (χ1v) is 8.62. The van der Waals surface area contributed by atoms with Gasteiger partial charge in [-0.25, -0.2) is 0 Å². The fourth-order valence-corrected chi connectivity index (χ4v) is 2.80. The summed E-state index contributed by atoms with van der Waals surface area (Å²) in [6.45, 7) is 3.83. The molecule has 1 fully saturated rings. The van der Waals surface area contributed by atoms with Crippen LogP contribution in [0, 0.1) is 6.92 Å². The molecule has 1 saturated heterocycles. The molecule has 0 atom stereocenters. The van der Waals surface area contributed by atoms with E-state index in [0.717, 1.165) is 42.2 Å². The second-order valence-corrected chi connectivity index (χ2v) is 6.54. The summed E-state index contributed by atoms with van der Waals surface area (Å²) in [5, 5.41) is 3.06. The molecule has 120 valence electrons. The second kappa shape index (κ2) is 9.09. The van der Waals surface area contributed by atoms with Crippen LogP contribution in [0.3, 0.4) is 0 Å². The number of rotatable bonds is 3. The van der Waals surface area contributed by atoms with E-state index in [1.165, 1.54) is 5.56 Å². The molecule has 1 aliphatic rings. The maximum absolute atomic E-state index is 10.6. The van der Waals surface area contributed by atoms with Gasteiger partial charge in [0.05, 0.1) is 0 Å². The monoisotopic (exact) mass is 315 g/mol. The minimum absolute atomic E-state index is 0.471. The van der Waals surface area contributed by atoms with E-state index in [4.69, 9.17) is 4.55 Å². The van der Waals surface area contributed by atoms with Gasteiger partial charge in [0.25, 0.3) is 0 Å². The van der Waals surface area contributed by atoms with Crippen molar-refractivity contribution in [3.8, 4) is 0 Å². The largest absolute Gasteiger partial charge is 0.335 e. The maximum Gasteiger partial charge on any atom is 0.335 e. The molecule has 0 aromatic carbocycles. The average Bonchev–Trinajstić information content (AvgIpc) is 2.71. The van der Waals surface area contributed by atoms with E-state index in [2.05, 4.69) is 16.4 Å². The van der Waals surface area contributed by atoms with Gasteiger partial charge in [0, 0.05) is 31.5 Å². The third kappa shape index (κ3) is 7.52. The van der Waals surface area contributed by atoms with Crippen molar-refractivity contribution in [2.24, 2.45) is 0 Å². The van der Waals surface area contributed by atoms with Crippen LogP contribution < -0.4 is 5.32 Å². The van der Waals surface area contributed by atoms with Gasteiger partial charge >= 0.3 is 10.3 Å². The van der Waals surface area contributed by atoms with Gasteiger partial charge in [-0.3, -0.25) is 9.54 Å². The van der Waals surface area contributed by atoms with Gasteiger partial charge in [-0.05, 0) is 38.4 Å². The third-order valence-electron chi connectivity index (χ3n) is 3.24. The normalized spacial score (nSPS) is 16.7. The molecule has 0 unspecified atom stereocenters. The molecule has 2 N–H and O–H groups in total. The number of hydrogen-bond donors (Lipinski definition) is 2. The smallest absolute Gasteiger partial charge is 0.316 e. The molecule has 1 aliphatic heterocycles. The van der Waals surface area contributed by atoms with Crippen molar-refractivity contribution >= 4 is 10.3 Å². The summed E-state index contributed by atoms with van der Waals surface area (Å²) in [6.07, 6.45) is 5.74. The van der Waals surface area contributed by atoms with Crippen LogP contribution in [0.15, 0.2) is 18.3 Å². The number of hydrogen-bond acceptors (Lipinski definition) is 4. The number of aromatic nitrogens is 1. The van der Waals surface area contributed by atoms with Crippen LogP contribution in [-0.2, 0) is 16.8 Å². The molecule has 0 amide bonds. The first-order valence-electron chi connectivity index (χ1n) is 7.22. The number of aryl methyl sites for hydroxylation is 1. The molecule has 0 bridgehead atoms. The Morgan fingerprint density at radius 3 is 2.29 bits per heavy atom. The molecular formula is C14H25N3O3S. The standard InChI is InChI=1S/C8H12N2.C6H13NO3S/c1-7-3-4-8(5-9-2)6-10-7;8-11(9,10)7-5-3-1-2-4-6-7/h3-4,6,9H,5H2,1-2H3;1-6H2,(H,8,9,10). The molecule has 7 heteroatoms. The minimum Gasteiger partial charge on any atom is -0.316 e. The second-order valence-electron chi connectivity index (χ2n) is 5.13. The molecule has 0 saturated carbocycles. The summed E-state index contributed by atoms with van der Waals surface area (Å²) in [5.74, 6) is 0. The van der Waals surface area contributed by atoms with E-state index in [-0.39, 0.29) is 0 Å². The van der Waals surface area contributed by atoms with Crippen molar-refractivity contribution in [3.05, 3.63) is 29.6 Å². The van der Waals surface area contributed by atoms with Crippen molar-refractivity contribution in [2.45, 2.75) is 39.2 Å². The highest BCUT2D eigenvalue weighted by Gasteiger charge is 2.19. The molecule has 21 heavy (non-hydrogen) atoms. The first-order chi connectivity index (χ1) is 9.93. The predicted octanol–water partition coefficient (Wildman–Crippen LogP) is 1.77. The average molecular weight is 315 g/mol. The summed E-state index contributed by atoms with van der Waals surface area (Å²) in [5.41, 5.74) is 2.30. The van der Waals surface area contributed by atoms with Crippen LogP contribution in [0.4, 0.5) is 0 Å². The fourth-order valence-electron chi connectivity index (χ4n) is 2.08. The lowest BCUT2D eigenvalue weighted by molar-refractivity contribution is 0.358. The van der Waals surface area contributed by atoms with Crippen LogP contribution in [-0.4, -0.2) is 42.4 Å². The van der Waals surface area contributed by atoms with Crippen molar-refractivity contribution < 1.29 is 13.0 Å². The van der Waals surface area contributed by atoms with Gasteiger partial charge in [0.15, 0.2) is 0 Å². The Labute approximate surface area is 127 Å². The SMILES string of the molecule is CNCc1ccc(C)nc1.O=S(=O)(O)N1CCCCCC1. The summed E-state index contributed by atoms with van der Waals surface area (Å²) >= 11 is 0. The van der Waals surface area contributed by atoms with Crippen molar-refractivity contribution in [3.63, 3.8) is 0 Å². The Balaban J connectivity index is 0.000000211. The van der Waals surface area contributed by atoms with E-state index in [1.807, 2.05) is 26.2 Å². The van der Waals surface area contributed by atoms with Crippen LogP contribution in [0.1, 0.15) is 36.9 Å². The maximum atomic E-state index is 10.6. The summed E-state index contributed by atoms with van der Waals surface area (Å²) in [7, 11) is -1.99. The van der Waals surface area contributed by atoms with Gasteiger partial charge < -0.3 is 5.32 Å². The van der Waals surface area contributed by atoms with E-state index in [9.17, 15) is 8.42 Å². The Morgan fingerprint density at radius 1 is 1.24 bits per heavy atom. The highest BCUT2D eigenvalue weighted by Crippen LogP contribution is 2.11. The van der Waals surface area contributed by atoms with E-state index in [0.29, 0.717) is 13.1 Å². The van der Waals surface area contributed by atoms with Crippen LogP contribution >= 0.6 is 0 Å². The van der Waals surface area contributed by atoms with E-state index >= 15 is 0 Å². The zero-order valence-corrected chi connectivity index (χ0v) is 13.6. The third-order valence-corrected chi connectivity index (χ3v) is 4.26. The quantitative estimate of drug-likeness (QED) is 0.831. The molecule has 0 radical (unpaired) electrons. The lowest BCUT2D eigenvalue weighted by Crippen LogP contribution is -2.31. The number of pyridine rings is 1. The van der Waals surface area contributed by atoms with Crippen molar-refractivity contribution in [1.82, 2.24) is 14.6 Å². The number of nitrogens with zero attached hydrogens (tertiary/aromatic N) is 2. The van der Waals surface area contributed by atoms with Crippen LogP contribution in [0.25, 0.3) is 0 Å². The molecule has 0 aliphatic carbocycles. The molecule has 2 rings (SSSR count). The van der Waals surface area contributed by atoms with Crippen LogP contribution in [0.2, 0.25) is 0 Å².